The molecule has 0 spiro atoms. The van der Waals surface area contributed by atoms with Gasteiger partial charge >= 0.3 is 10.2 Å². The zero-order valence-electron chi connectivity index (χ0n) is 9.66. The van der Waals surface area contributed by atoms with E-state index in [1.54, 1.807) is 0 Å². The minimum atomic E-state index is -4.37. The van der Waals surface area contributed by atoms with Crippen molar-refractivity contribution < 1.29 is 12.3 Å². The summed E-state index contributed by atoms with van der Waals surface area (Å²) in [5.41, 5.74) is -0.470. The highest BCUT2D eigenvalue weighted by molar-refractivity contribution is 7.86. The Morgan fingerprint density at radius 1 is 1.47 bits per heavy atom. The Labute approximate surface area is 91.9 Å². The van der Waals surface area contributed by atoms with Gasteiger partial charge in [-0.05, 0) is 37.8 Å². The van der Waals surface area contributed by atoms with Crippen molar-refractivity contribution >= 4 is 10.2 Å². The molecule has 0 radical (unpaired) electrons. The molecule has 0 aromatic rings. The molecule has 1 rings (SSSR count). The van der Waals surface area contributed by atoms with Crippen molar-refractivity contribution in [3.63, 3.8) is 0 Å². The molecule has 1 atom stereocenters. The van der Waals surface area contributed by atoms with Crippen LogP contribution >= 0.6 is 0 Å². The average Bonchev–Trinajstić information content (AvgIpc) is 1.99. The van der Waals surface area contributed by atoms with Gasteiger partial charge in [0.1, 0.15) is 0 Å². The van der Waals surface area contributed by atoms with Crippen LogP contribution in [-0.2, 0) is 10.2 Å². The van der Waals surface area contributed by atoms with Crippen LogP contribution in [0.4, 0.5) is 3.89 Å². The summed E-state index contributed by atoms with van der Waals surface area (Å²) in [5, 5.41) is 0. The van der Waals surface area contributed by atoms with E-state index in [4.69, 9.17) is 0 Å². The van der Waals surface area contributed by atoms with Gasteiger partial charge in [-0.15, -0.1) is 3.89 Å². The Morgan fingerprint density at radius 2 is 2.07 bits per heavy atom. The SMILES string of the molecule is CN1CCCC(C(C)(C)CS(=O)(=O)F)C1. The molecule has 0 saturated carbocycles. The van der Waals surface area contributed by atoms with Crippen LogP contribution in [0.2, 0.25) is 0 Å². The van der Waals surface area contributed by atoms with Gasteiger partial charge in [-0.25, -0.2) is 0 Å². The first-order valence-corrected chi connectivity index (χ1v) is 6.87. The summed E-state index contributed by atoms with van der Waals surface area (Å²) < 4.78 is 34.1. The first-order valence-electron chi connectivity index (χ1n) is 5.31. The maximum atomic E-state index is 12.7. The van der Waals surface area contributed by atoms with Gasteiger partial charge in [-0.1, -0.05) is 13.8 Å². The highest BCUT2D eigenvalue weighted by Gasteiger charge is 2.36. The number of nitrogens with zero attached hydrogens (tertiary/aromatic N) is 1. The van der Waals surface area contributed by atoms with Gasteiger partial charge in [-0.2, -0.15) is 8.42 Å². The summed E-state index contributed by atoms with van der Waals surface area (Å²) in [4.78, 5) is 2.18. The molecule has 0 bridgehead atoms. The minimum absolute atomic E-state index is 0.266. The van der Waals surface area contributed by atoms with Gasteiger partial charge in [0.15, 0.2) is 0 Å². The van der Waals surface area contributed by atoms with Crippen LogP contribution in [0.3, 0.4) is 0 Å². The molecule has 5 heteroatoms. The van der Waals surface area contributed by atoms with Gasteiger partial charge in [-0.3, -0.25) is 0 Å². The first kappa shape index (κ1) is 12.9. The topological polar surface area (TPSA) is 37.4 Å². The molecule has 0 aliphatic carbocycles. The second-order valence-corrected chi connectivity index (χ2v) is 6.64. The lowest BCUT2D eigenvalue weighted by Crippen LogP contribution is -2.42. The monoisotopic (exact) mass is 237 g/mol. The van der Waals surface area contributed by atoms with Crippen LogP contribution in [0, 0.1) is 11.3 Å². The number of halogens is 1. The Bertz CT molecular complexity index is 313. The average molecular weight is 237 g/mol. The first-order chi connectivity index (χ1) is 6.71. The van der Waals surface area contributed by atoms with Crippen molar-refractivity contribution in [2.45, 2.75) is 26.7 Å². The largest absolute Gasteiger partial charge is 0.306 e. The minimum Gasteiger partial charge on any atom is -0.306 e. The molecule has 1 aliphatic heterocycles. The Hall–Kier alpha value is -0.160. The van der Waals surface area contributed by atoms with Crippen molar-refractivity contribution in [3.05, 3.63) is 0 Å². The maximum Gasteiger partial charge on any atom is 0.302 e. The number of hydrogen-bond acceptors (Lipinski definition) is 3. The molecule has 90 valence electrons. The van der Waals surface area contributed by atoms with E-state index < -0.39 is 15.6 Å². The molecule has 1 fully saturated rings. The van der Waals surface area contributed by atoms with E-state index in [0.717, 1.165) is 25.9 Å². The van der Waals surface area contributed by atoms with Gasteiger partial charge < -0.3 is 4.90 Å². The fraction of sp³-hybridized carbons (Fsp3) is 1.00. The summed E-state index contributed by atoms with van der Waals surface area (Å²) in [5.74, 6) is -0.0971. The number of likely N-dealkylation sites (tertiary alicyclic amines) is 1. The Kier molecular flexibility index (Phi) is 3.76. The molecule has 1 saturated heterocycles. The third-order valence-electron chi connectivity index (χ3n) is 3.27. The highest BCUT2D eigenvalue weighted by Crippen LogP contribution is 2.35. The second kappa shape index (κ2) is 4.37. The predicted octanol–water partition coefficient (Wildman–Crippen LogP) is 1.65. The lowest BCUT2D eigenvalue weighted by Gasteiger charge is -2.39. The summed E-state index contributed by atoms with van der Waals surface area (Å²) in [6, 6.07) is 0. The third kappa shape index (κ3) is 4.07. The van der Waals surface area contributed by atoms with Crippen molar-refractivity contribution in [1.29, 1.82) is 0 Å². The molecule has 0 N–H and O–H groups in total. The highest BCUT2D eigenvalue weighted by atomic mass is 32.3. The molecule has 1 unspecified atom stereocenters. The number of hydrogen-bond donors (Lipinski definition) is 0. The predicted molar refractivity (Wildman–Crippen MR) is 58.9 cm³/mol. The third-order valence-corrected chi connectivity index (χ3v) is 4.36. The Balaban J connectivity index is 2.67. The molecule has 0 amide bonds. The van der Waals surface area contributed by atoms with Crippen LogP contribution in [-0.4, -0.2) is 39.2 Å². The van der Waals surface area contributed by atoms with E-state index in [1.165, 1.54) is 0 Å². The zero-order chi connectivity index (χ0) is 11.7. The van der Waals surface area contributed by atoms with Crippen LogP contribution in [0.15, 0.2) is 0 Å². The van der Waals surface area contributed by atoms with Crippen molar-refractivity contribution in [1.82, 2.24) is 4.90 Å². The maximum absolute atomic E-state index is 12.7. The quantitative estimate of drug-likeness (QED) is 0.700. The second-order valence-electron chi connectivity index (χ2n) is 5.27. The van der Waals surface area contributed by atoms with Crippen LogP contribution in [0.1, 0.15) is 26.7 Å². The molecule has 15 heavy (non-hydrogen) atoms. The van der Waals surface area contributed by atoms with Gasteiger partial charge in [0.2, 0.25) is 0 Å². The van der Waals surface area contributed by atoms with Crippen molar-refractivity contribution in [3.8, 4) is 0 Å². The van der Waals surface area contributed by atoms with Gasteiger partial charge in [0, 0.05) is 6.54 Å². The smallest absolute Gasteiger partial charge is 0.302 e. The number of piperidine rings is 1. The molecule has 0 aromatic heterocycles. The lowest BCUT2D eigenvalue weighted by molar-refractivity contribution is 0.119. The summed E-state index contributed by atoms with van der Waals surface area (Å²) in [6.07, 6.45) is 2.06. The van der Waals surface area contributed by atoms with Crippen LogP contribution in [0.5, 0.6) is 0 Å². The fourth-order valence-corrected chi connectivity index (χ4v) is 3.49. The Morgan fingerprint density at radius 3 is 2.53 bits per heavy atom. The van der Waals surface area contributed by atoms with Crippen LogP contribution in [0.25, 0.3) is 0 Å². The lowest BCUT2D eigenvalue weighted by atomic mass is 9.76. The molecule has 0 aromatic carbocycles. The molecule has 3 nitrogen and oxygen atoms in total. The van der Waals surface area contributed by atoms with E-state index >= 15 is 0 Å². The van der Waals surface area contributed by atoms with E-state index in [2.05, 4.69) is 4.90 Å². The summed E-state index contributed by atoms with van der Waals surface area (Å²) in [7, 11) is -2.35. The summed E-state index contributed by atoms with van der Waals surface area (Å²) >= 11 is 0. The molecule has 1 heterocycles. The van der Waals surface area contributed by atoms with Crippen molar-refractivity contribution in [2.24, 2.45) is 11.3 Å². The molecule has 1 aliphatic rings. The van der Waals surface area contributed by atoms with Gasteiger partial charge in [0.05, 0.1) is 5.75 Å². The fourth-order valence-electron chi connectivity index (χ4n) is 2.37. The van der Waals surface area contributed by atoms with E-state index in [9.17, 15) is 12.3 Å². The van der Waals surface area contributed by atoms with Crippen LogP contribution < -0.4 is 0 Å². The van der Waals surface area contributed by atoms with Crippen molar-refractivity contribution in [2.75, 3.05) is 25.9 Å². The van der Waals surface area contributed by atoms with E-state index in [1.807, 2.05) is 20.9 Å². The van der Waals surface area contributed by atoms with E-state index in [-0.39, 0.29) is 11.7 Å². The number of rotatable bonds is 3. The normalized spacial score (nSPS) is 25.5. The summed E-state index contributed by atoms with van der Waals surface area (Å²) in [6.45, 7) is 5.60. The zero-order valence-corrected chi connectivity index (χ0v) is 10.5. The molecular weight excluding hydrogens is 217 g/mol. The van der Waals surface area contributed by atoms with Gasteiger partial charge in [0.25, 0.3) is 0 Å². The molecular formula is C10H20FNO2S. The standard InChI is InChI=1S/C10H20FNO2S/c1-10(2,8-15(11,13)14)9-5-4-6-12(3)7-9/h9H,4-8H2,1-3H3. The van der Waals surface area contributed by atoms with E-state index in [0.29, 0.717) is 0 Å².